The first-order valence-corrected chi connectivity index (χ1v) is 13.7. The second kappa shape index (κ2) is 13.1. The zero-order valence-corrected chi connectivity index (χ0v) is 24.0. The van der Waals surface area contributed by atoms with E-state index in [9.17, 15) is 4.79 Å². The van der Waals surface area contributed by atoms with Gasteiger partial charge in [-0.05, 0) is 81.5 Å². The predicted octanol–water partition coefficient (Wildman–Crippen LogP) is 5.52. The van der Waals surface area contributed by atoms with Crippen molar-refractivity contribution in [3.8, 4) is 22.9 Å². The molecule has 0 unspecified atom stereocenters. The fraction of sp³-hybridized carbons (Fsp3) is 0.400. The maximum Gasteiger partial charge on any atom is 0.237 e. The fourth-order valence-corrected chi connectivity index (χ4v) is 5.23. The first kappa shape index (κ1) is 29.3. The number of fused-ring (bicyclic) bond motifs is 1. The molecule has 9 nitrogen and oxygen atoms in total. The number of rotatable bonds is 9. The Morgan fingerprint density at radius 3 is 2.35 bits per heavy atom. The van der Waals surface area contributed by atoms with Gasteiger partial charge in [-0.3, -0.25) is 4.79 Å². The third kappa shape index (κ3) is 6.71. The number of nitrogen functional groups attached to an aromatic ring is 1. The molecule has 2 aromatic heterocycles. The summed E-state index contributed by atoms with van der Waals surface area (Å²) in [5, 5.41) is 11.8. The number of para-hydroxylation sites is 1. The van der Waals surface area contributed by atoms with E-state index >= 15 is 0 Å². The minimum absolute atomic E-state index is 0. The van der Waals surface area contributed by atoms with E-state index in [-0.39, 0.29) is 36.4 Å². The molecule has 4 aromatic rings. The van der Waals surface area contributed by atoms with Crippen molar-refractivity contribution in [1.29, 1.82) is 0 Å². The lowest BCUT2D eigenvalue weighted by Crippen LogP contribution is -2.48. The van der Waals surface area contributed by atoms with Crippen LogP contribution in [0.15, 0.2) is 60.8 Å². The lowest BCUT2D eigenvalue weighted by molar-refractivity contribution is -0.124. The molecule has 1 atom stereocenters. The first-order chi connectivity index (χ1) is 18.9. The number of benzene rings is 2. The van der Waals surface area contributed by atoms with Crippen molar-refractivity contribution >= 4 is 35.2 Å². The monoisotopic (exact) mass is 563 g/mol. The van der Waals surface area contributed by atoms with Gasteiger partial charge in [0.2, 0.25) is 5.91 Å². The molecule has 1 aliphatic rings. The van der Waals surface area contributed by atoms with E-state index < -0.39 is 0 Å². The Kier molecular flexibility index (Phi) is 9.60. The van der Waals surface area contributed by atoms with Crippen LogP contribution in [0.4, 0.5) is 5.82 Å². The summed E-state index contributed by atoms with van der Waals surface area (Å²) in [6.45, 7) is 4.27. The summed E-state index contributed by atoms with van der Waals surface area (Å²) in [6.07, 6.45) is 6.17. The molecule has 40 heavy (non-hydrogen) atoms. The maximum absolute atomic E-state index is 12.8. The first-order valence-electron chi connectivity index (χ1n) is 13.7. The average Bonchev–Trinajstić information content (AvgIpc) is 3.38. The van der Waals surface area contributed by atoms with Crippen LogP contribution < -0.4 is 21.1 Å². The van der Waals surface area contributed by atoms with Crippen LogP contribution in [0.3, 0.4) is 0 Å². The van der Waals surface area contributed by atoms with Gasteiger partial charge in [-0.1, -0.05) is 32.0 Å². The average molecular weight is 564 g/mol. The lowest BCUT2D eigenvalue weighted by atomic mass is 9.90. The van der Waals surface area contributed by atoms with Gasteiger partial charge < -0.3 is 21.1 Å². The molecule has 0 radical (unpaired) electrons. The number of carbonyl (C=O) groups is 1. The van der Waals surface area contributed by atoms with Gasteiger partial charge >= 0.3 is 0 Å². The number of ether oxygens (including phenoxy) is 1. The zero-order valence-electron chi connectivity index (χ0n) is 23.2. The van der Waals surface area contributed by atoms with Crippen LogP contribution in [0.25, 0.3) is 22.4 Å². The van der Waals surface area contributed by atoms with Crippen molar-refractivity contribution in [3.05, 3.63) is 60.8 Å². The van der Waals surface area contributed by atoms with E-state index in [1.165, 1.54) is 0 Å². The van der Waals surface area contributed by atoms with Gasteiger partial charge in [0.1, 0.15) is 17.3 Å². The smallest absolute Gasteiger partial charge is 0.237 e. The predicted molar refractivity (Wildman–Crippen MR) is 161 cm³/mol. The summed E-state index contributed by atoms with van der Waals surface area (Å²) in [7, 11) is 1.85. The lowest BCUT2D eigenvalue weighted by Gasteiger charge is -2.30. The van der Waals surface area contributed by atoms with Gasteiger partial charge in [0.25, 0.3) is 0 Å². The molecule has 1 saturated carbocycles. The Hall–Kier alpha value is -3.69. The normalized spacial score (nSPS) is 17.8. The van der Waals surface area contributed by atoms with Gasteiger partial charge in [-0.2, -0.15) is 5.10 Å². The van der Waals surface area contributed by atoms with Crippen molar-refractivity contribution in [2.45, 2.75) is 64.1 Å². The van der Waals surface area contributed by atoms with Gasteiger partial charge in [0.15, 0.2) is 11.5 Å². The standard InChI is InChI=1S/C30H37N7O2.ClH/c1-19(2)17-26(32-3)30(38)34-21-11-13-22(14-12-21)37-29-25(18-33-37)27(31)35-28(36-29)20-9-15-24(16-10-20)39-23-7-5-4-6-8-23;/h4-10,15-16,18-19,21-22,26,32H,11-14,17H2,1-3H3,(H,34,38)(H2,31,35,36);1H/t21?,22?,26-;/m0./s1. The van der Waals surface area contributed by atoms with E-state index in [1.54, 1.807) is 6.20 Å². The summed E-state index contributed by atoms with van der Waals surface area (Å²) in [4.78, 5) is 22.2. The second-order valence-electron chi connectivity index (χ2n) is 10.7. The van der Waals surface area contributed by atoms with Gasteiger partial charge in [-0.15, -0.1) is 12.4 Å². The van der Waals surface area contributed by atoms with Crippen LogP contribution in [0.5, 0.6) is 11.5 Å². The summed E-state index contributed by atoms with van der Waals surface area (Å²) >= 11 is 0. The Morgan fingerprint density at radius 1 is 1.02 bits per heavy atom. The van der Waals surface area contributed by atoms with E-state index in [1.807, 2.05) is 66.3 Å². The van der Waals surface area contributed by atoms with Crippen molar-refractivity contribution in [1.82, 2.24) is 30.4 Å². The molecule has 212 valence electrons. The highest BCUT2D eigenvalue weighted by Crippen LogP contribution is 2.33. The van der Waals surface area contributed by atoms with Crippen molar-refractivity contribution in [2.75, 3.05) is 12.8 Å². The number of carbonyl (C=O) groups excluding carboxylic acids is 1. The van der Waals surface area contributed by atoms with E-state index in [0.29, 0.717) is 17.6 Å². The number of hydrogen-bond donors (Lipinski definition) is 3. The molecule has 1 amide bonds. The fourth-order valence-electron chi connectivity index (χ4n) is 5.23. The summed E-state index contributed by atoms with van der Waals surface area (Å²) < 4.78 is 7.89. The van der Waals surface area contributed by atoms with E-state index in [2.05, 4.69) is 34.6 Å². The molecule has 1 aliphatic carbocycles. The Bertz CT molecular complexity index is 1400. The van der Waals surface area contributed by atoms with Crippen LogP contribution in [0.2, 0.25) is 0 Å². The molecule has 0 bridgehead atoms. The second-order valence-corrected chi connectivity index (χ2v) is 10.7. The van der Waals surface area contributed by atoms with Crippen molar-refractivity contribution in [3.63, 3.8) is 0 Å². The molecule has 0 saturated heterocycles. The van der Waals surface area contributed by atoms with Crippen molar-refractivity contribution in [2.24, 2.45) is 5.92 Å². The van der Waals surface area contributed by atoms with Gasteiger partial charge in [0.05, 0.1) is 23.7 Å². The molecule has 1 fully saturated rings. The van der Waals surface area contributed by atoms with Crippen LogP contribution in [0, 0.1) is 5.92 Å². The van der Waals surface area contributed by atoms with Gasteiger partial charge in [0, 0.05) is 11.6 Å². The Morgan fingerprint density at radius 2 is 1.70 bits per heavy atom. The molecule has 2 aromatic carbocycles. The van der Waals surface area contributed by atoms with Crippen LogP contribution >= 0.6 is 12.4 Å². The summed E-state index contributed by atoms with van der Waals surface area (Å²) in [5.74, 6) is 3.02. The number of nitrogens with one attached hydrogen (secondary N) is 2. The van der Waals surface area contributed by atoms with Crippen LogP contribution in [-0.4, -0.2) is 44.8 Å². The maximum atomic E-state index is 12.8. The molecule has 10 heteroatoms. The SMILES string of the molecule is CN[C@@H](CC(C)C)C(=O)NC1CCC(n2ncc3c(N)nc(-c4ccc(Oc5ccccc5)cc4)nc32)CC1.Cl. The van der Waals surface area contributed by atoms with Gasteiger partial charge in [-0.25, -0.2) is 14.6 Å². The number of hydrogen-bond acceptors (Lipinski definition) is 7. The molecular weight excluding hydrogens is 526 g/mol. The number of halogens is 1. The Balaban J connectivity index is 0.00000370. The highest BCUT2D eigenvalue weighted by Gasteiger charge is 2.28. The topological polar surface area (TPSA) is 120 Å². The number of anilines is 1. The quantitative estimate of drug-likeness (QED) is 0.245. The third-order valence-corrected chi connectivity index (χ3v) is 7.34. The minimum atomic E-state index is -0.158. The summed E-state index contributed by atoms with van der Waals surface area (Å²) in [5.41, 5.74) is 7.93. The largest absolute Gasteiger partial charge is 0.457 e. The minimum Gasteiger partial charge on any atom is -0.457 e. The third-order valence-electron chi connectivity index (χ3n) is 7.34. The van der Waals surface area contributed by atoms with E-state index in [4.69, 9.17) is 15.5 Å². The van der Waals surface area contributed by atoms with Crippen LogP contribution in [0.1, 0.15) is 52.0 Å². The molecule has 0 aliphatic heterocycles. The summed E-state index contributed by atoms with van der Waals surface area (Å²) in [6, 6.07) is 17.5. The molecule has 4 N–H and O–H groups in total. The molecule has 5 rings (SSSR count). The zero-order chi connectivity index (χ0) is 27.4. The number of likely N-dealkylation sites (N-methyl/N-ethyl adjacent to an activating group) is 1. The number of nitrogens with two attached hydrogens (primary N) is 1. The molecular formula is C30H38ClN7O2. The van der Waals surface area contributed by atoms with E-state index in [0.717, 1.165) is 60.2 Å². The number of aromatic nitrogens is 4. The highest BCUT2D eigenvalue weighted by atomic mass is 35.5. The highest BCUT2D eigenvalue weighted by molar-refractivity contribution is 5.87. The van der Waals surface area contributed by atoms with Crippen molar-refractivity contribution < 1.29 is 9.53 Å². The molecule has 2 heterocycles. The Labute approximate surface area is 241 Å². The number of amides is 1. The number of nitrogens with zero attached hydrogens (tertiary/aromatic N) is 4. The van der Waals surface area contributed by atoms with Crippen LogP contribution in [-0.2, 0) is 4.79 Å². The molecule has 0 spiro atoms.